The lowest BCUT2D eigenvalue weighted by Gasteiger charge is -2.37. The molecule has 2 aromatic rings. The Kier molecular flexibility index (Phi) is 9.37. The van der Waals surface area contributed by atoms with Gasteiger partial charge < -0.3 is 24.4 Å². The molecule has 0 aromatic heterocycles. The quantitative estimate of drug-likeness (QED) is 0.559. The maximum absolute atomic E-state index is 13.3. The normalized spacial score (nSPS) is 15.0. The molecule has 0 spiro atoms. The standard InChI is InChI=1S/C27H37N3O5/c1-6-35-22-9-7-20(8-10-22)18-29-11-13-30(14-12-29)27(32)25(19(2)3)28-26(31)21-15-23(33-4)17-24(16-21)34-5/h7-10,15-17,19,25H,6,11-14,18H2,1-5H3,(H,28,31)/t25-/m0/s1. The first-order chi connectivity index (χ1) is 16.8. The molecule has 2 amide bonds. The smallest absolute Gasteiger partial charge is 0.252 e. The van der Waals surface area contributed by atoms with Crippen LogP contribution in [-0.4, -0.2) is 74.7 Å². The van der Waals surface area contributed by atoms with Crippen LogP contribution in [-0.2, 0) is 11.3 Å². The van der Waals surface area contributed by atoms with Gasteiger partial charge in [0, 0.05) is 44.4 Å². The van der Waals surface area contributed by atoms with Gasteiger partial charge in [0.1, 0.15) is 23.3 Å². The number of hydrogen-bond acceptors (Lipinski definition) is 6. The summed E-state index contributed by atoms with van der Waals surface area (Å²) in [6, 6.07) is 12.5. The SMILES string of the molecule is CCOc1ccc(CN2CCN(C(=O)[C@@H](NC(=O)c3cc(OC)cc(OC)c3)C(C)C)CC2)cc1. The van der Waals surface area contributed by atoms with E-state index >= 15 is 0 Å². The highest BCUT2D eigenvalue weighted by Gasteiger charge is 2.31. The van der Waals surface area contributed by atoms with Crippen LogP contribution < -0.4 is 19.5 Å². The zero-order valence-electron chi connectivity index (χ0n) is 21.4. The van der Waals surface area contributed by atoms with Crippen molar-refractivity contribution in [3.8, 4) is 17.2 Å². The zero-order valence-corrected chi connectivity index (χ0v) is 21.4. The molecule has 1 atom stereocenters. The van der Waals surface area contributed by atoms with E-state index in [9.17, 15) is 9.59 Å². The molecule has 8 nitrogen and oxygen atoms in total. The molecular formula is C27H37N3O5. The molecular weight excluding hydrogens is 446 g/mol. The number of amides is 2. The lowest BCUT2D eigenvalue weighted by molar-refractivity contribution is -0.136. The van der Waals surface area contributed by atoms with Crippen LogP contribution in [0.15, 0.2) is 42.5 Å². The van der Waals surface area contributed by atoms with E-state index < -0.39 is 6.04 Å². The summed E-state index contributed by atoms with van der Waals surface area (Å²) in [6.45, 7) is 10.2. The third-order valence-corrected chi connectivity index (χ3v) is 6.16. The van der Waals surface area contributed by atoms with Gasteiger partial charge in [0.2, 0.25) is 5.91 Å². The van der Waals surface area contributed by atoms with Crippen molar-refractivity contribution >= 4 is 11.8 Å². The second kappa shape index (κ2) is 12.4. The molecule has 1 aliphatic rings. The Labute approximate surface area is 208 Å². The Hall–Kier alpha value is -3.26. The summed E-state index contributed by atoms with van der Waals surface area (Å²) in [5, 5.41) is 2.93. The summed E-state index contributed by atoms with van der Waals surface area (Å²) in [4.78, 5) is 30.5. The number of hydrogen-bond donors (Lipinski definition) is 1. The summed E-state index contributed by atoms with van der Waals surface area (Å²) in [7, 11) is 3.07. The molecule has 0 aliphatic carbocycles. The maximum atomic E-state index is 13.3. The van der Waals surface area contributed by atoms with E-state index in [1.165, 1.54) is 19.8 Å². The first kappa shape index (κ1) is 26.3. The summed E-state index contributed by atoms with van der Waals surface area (Å²) in [5.74, 6) is 1.48. The van der Waals surface area contributed by atoms with Crippen LogP contribution in [0.25, 0.3) is 0 Å². The van der Waals surface area contributed by atoms with Crippen molar-refractivity contribution in [3.05, 3.63) is 53.6 Å². The van der Waals surface area contributed by atoms with Gasteiger partial charge >= 0.3 is 0 Å². The van der Waals surface area contributed by atoms with E-state index in [0.717, 1.165) is 25.4 Å². The highest BCUT2D eigenvalue weighted by molar-refractivity contribution is 5.98. The van der Waals surface area contributed by atoms with Crippen LogP contribution in [0.4, 0.5) is 0 Å². The number of carbonyl (C=O) groups excluding carboxylic acids is 2. The van der Waals surface area contributed by atoms with Crippen LogP contribution in [0.2, 0.25) is 0 Å². The van der Waals surface area contributed by atoms with Crippen molar-refractivity contribution in [2.24, 2.45) is 5.92 Å². The molecule has 1 N–H and O–H groups in total. The predicted octanol–water partition coefficient (Wildman–Crippen LogP) is 3.20. The second-order valence-corrected chi connectivity index (χ2v) is 8.97. The molecule has 1 fully saturated rings. The average Bonchev–Trinajstić information content (AvgIpc) is 2.88. The Bertz CT molecular complexity index is 963. The second-order valence-electron chi connectivity index (χ2n) is 8.97. The van der Waals surface area contributed by atoms with Gasteiger partial charge in [0.05, 0.1) is 20.8 Å². The number of carbonyl (C=O) groups is 2. The molecule has 1 aliphatic heterocycles. The predicted molar refractivity (Wildman–Crippen MR) is 135 cm³/mol. The van der Waals surface area contributed by atoms with Crippen molar-refractivity contribution in [2.75, 3.05) is 47.0 Å². The van der Waals surface area contributed by atoms with Gasteiger partial charge in [0.25, 0.3) is 5.91 Å². The van der Waals surface area contributed by atoms with Crippen molar-refractivity contribution in [1.82, 2.24) is 15.1 Å². The van der Waals surface area contributed by atoms with Gasteiger partial charge in [0.15, 0.2) is 0 Å². The lowest BCUT2D eigenvalue weighted by atomic mass is 10.0. The minimum absolute atomic E-state index is 0.0519. The molecule has 1 saturated heterocycles. The molecule has 0 radical (unpaired) electrons. The summed E-state index contributed by atoms with van der Waals surface area (Å²) in [5.41, 5.74) is 1.61. The summed E-state index contributed by atoms with van der Waals surface area (Å²) < 4.78 is 16.0. The molecule has 3 rings (SSSR count). The van der Waals surface area contributed by atoms with Crippen molar-refractivity contribution in [1.29, 1.82) is 0 Å². The maximum Gasteiger partial charge on any atom is 0.252 e. The Morgan fingerprint density at radius 2 is 1.51 bits per heavy atom. The average molecular weight is 484 g/mol. The van der Waals surface area contributed by atoms with Crippen LogP contribution in [0.3, 0.4) is 0 Å². The number of rotatable bonds is 10. The van der Waals surface area contributed by atoms with Gasteiger partial charge in [-0.2, -0.15) is 0 Å². The Morgan fingerprint density at radius 1 is 0.914 bits per heavy atom. The monoisotopic (exact) mass is 483 g/mol. The zero-order chi connectivity index (χ0) is 25.4. The van der Waals surface area contributed by atoms with Crippen LogP contribution >= 0.6 is 0 Å². The largest absolute Gasteiger partial charge is 0.497 e. The molecule has 1 heterocycles. The summed E-state index contributed by atoms with van der Waals surface area (Å²) >= 11 is 0. The highest BCUT2D eigenvalue weighted by atomic mass is 16.5. The fourth-order valence-corrected chi connectivity index (χ4v) is 4.12. The lowest BCUT2D eigenvalue weighted by Crippen LogP contribution is -2.56. The Morgan fingerprint density at radius 3 is 2.03 bits per heavy atom. The Balaban J connectivity index is 1.58. The number of nitrogens with zero attached hydrogens (tertiary/aromatic N) is 2. The summed E-state index contributed by atoms with van der Waals surface area (Å²) in [6.07, 6.45) is 0. The minimum atomic E-state index is -0.614. The highest BCUT2D eigenvalue weighted by Crippen LogP contribution is 2.23. The number of piperazine rings is 1. The molecule has 190 valence electrons. The molecule has 0 saturated carbocycles. The van der Waals surface area contributed by atoms with Crippen LogP contribution in [0.5, 0.6) is 17.2 Å². The first-order valence-corrected chi connectivity index (χ1v) is 12.1. The number of ether oxygens (including phenoxy) is 3. The van der Waals surface area contributed by atoms with Crippen LogP contribution in [0.1, 0.15) is 36.7 Å². The van der Waals surface area contributed by atoms with Gasteiger partial charge in [-0.3, -0.25) is 14.5 Å². The van der Waals surface area contributed by atoms with Gasteiger partial charge in [-0.05, 0) is 42.7 Å². The van der Waals surface area contributed by atoms with Crippen molar-refractivity contribution in [3.63, 3.8) is 0 Å². The van der Waals surface area contributed by atoms with Gasteiger partial charge in [-0.1, -0.05) is 26.0 Å². The van der Waals surface area contributed by atoms with E-state index in [1.54, 1.807) is 18.2 Å². The van der Waals surface area contributed by atoms with E-state index in [2.05, 4.69) is 22.3 Å². The fourth-order valence-electron chi connectivity index (χ4n) is 4.12. The molecule has 0 bridgehead atoms. The topological polar surface area (TPSA) is 80.3 Å². The third-order valence-electron chi connectivity index (χ3n) is 6.16. The van der Waals surface area contributed by atoms with E-state index in [0.29, 0.717) is 36.8 Å². The fraction of sp³-hybridized carbons (Fsp3) is 0.481. The number of benzene rings is 2. The van der Waals surface area contributed by atoms with Gasteiger partial charge in [-0.15, -0.1) is 0 Å². The van der Waals surface area contributed by atoms with E-state index in [4.69, 9.17) is 14.2 Å². The minimum Gasteiger partial charge on any atom is -0.497 e. The first-order valence-electron chi connectivity index (χ1n) is 12.1. The van der Waals surface area contributed by atoms with Crippen LogP contribution in [0, 0.1) is 5.92 Å². The van der Waals surface area contributed by atoms with E-state index in [1.807, 2.05) is 37.8 Å². The molecule has 8 heteroatoms. The van der Waals surface area contributed by atoms with Gasteiger partial charge in [-0.25, -0.2) is 0 Å². The third kappa shape index (κ3) is 7.11. The van der Waals surface area contributed by atoms with Crippen molar-refractivity contribution in [2.45, 2.75) is 33.4 Å². The number of nitrogens with one attached hydrogen (secondary N) is 1. The van der Waals surface area contributed by atoms with Crippen molar-refractivity contribution < 1.29 is 23.8 Å². The molecule has 35 heavy (non-hydrogen) atoms. The molecule has 0 unspecified atom stereocenters. The van der Waals surface area contributed by atoms with E-state index in [-0.39, 0.29) is 17.7 Å². The molecule has 2 aromatic carbocycles. The number of methoxy groups -OCH3 is 2.